The maximum Gasteiger partial charge on any atom is 0.255 e. The molecule has 0 bridgehead atoms. The van der Waals surface area contributed by atoms with Crippen molar-refractivity contribution in [2.24, 2.45) is 5.73 Å². The van der Waals surface area contributed by atoms with E-state index in [0.29, 0.717) is 18.3 Å². The molecule has 0 radical (unpaired) electrons. The van der Waals surface area contributed by atoms with E-state index in [1.165, 1.54) is 0 Å². The summed E-state index contributed by atoms with van der Waals surface area (Å²) >= 11 is 0. The molecule has 1 aromatic carbocycles. The number of primary amides is 1. The van der Waals surface area contributed by atoms with E-state index < -0.39 is 5.91 Å². The molecule has 0 heterocycles. The summed E-state index contributed by atoms with van der Waals surface area (Å²) in [6, 6.07) is 6.27. The second-order valence-corrected chi connectivity index (χ2v) is 4.40. The molecule has 1 rings (SSSR count). The molecule has 0 aliphatic heterocycles. The monoisotopic (exact) mass is 236 g/mol. The van der Waals surface area contributed by atoms with E-state index in [9.17, 15) is 4.79 Å². The number of nitrogens with two attached hydrogens (primary N) is 1. The first kappa shape index (κ1) is 13.5. The summed E-state index contributed by atoms with van der Waals surface area (Å²) in [5.74, 6) is 0.246. The van der Waals surface area contributed by atoms with Gasteiger partial charge in [0.2, 0.25) is 0 Å². The lowest BCUT2D eigenvalue weighted by Crippen LogP contribution is -2.23. The van der Waals surface area contributed by atoms with Crippen molar-refractivity contribution in [1.29, 1.82) is 0 Å². The van der Waals surface area contributed by atoms with Crippen LogP contribution in [0, 0.1) is 6.92 Å². The minimum absolute atomic E-state index is 0.0856. The Morgan fingerprint density at radius 1 is 1.47 bits per heavy atom. The van der Waals surface area contributed by atoms with Crippen LogP contribution in [0.3, 0.4) is 0 Å². The number of hydrogen-bond donors (Lipinski definition) is 2. The van der Waals surface area contributed by atoms with Gasteiger partial charge in [0.1, 0.15) is 5.75 Å². The van der Waals surface area contributed by atoms with Gasteiger partial charge in [-0.3, -0.25) is 4.79 Å². The van der Waals surface area contributed by atoms with Gasteiger partial charge in [-0.2, -0.15) is 0 Å². The fourth-order valence-electron chi connectivity index (χ4n) is 1.45. The predicted octanol–water partition coefficient (Wildman–Crippen LogP) is 1.36. The molecule has 0 spiro atoms. The van der Waals surface area contributed by atoms with Gasteiger partial charge in [0.25, 0.3) is 5.91 Å². The number of ether oxygens (including phenoxy) is 1. The van der Waals surface area contributed by atoms with Gasteiger partial charge in [-0.15, -0.1) is 0 Å². The Kier molecular flexibility index (Phi) is 4.97. The van der Waals surface area contributed by atoms with Gasteiger partial charge >= 0.3 is 0 Å². The standard InChI is InChI=1S/C13H20N2O2/c1-9(2)15-7-11-6-10(3)4-5-12(11)17-8-13(14)16/h4-6,9,15H,7-8H2,1-3H3,(H2,14,16). The van der Waals surface area contributed by atoms with E-state index >= 15 is 0 Å². The van der Waals surface area contributed by atoms with Crippen molar-refractivity contribution < 1.29 is 9.53 Å². The summed E-state index contributed by atoms with van der Waals surface area (Å²) < 4.78 is 5.37. The van der Waals surface area contributed by atoms with Crippen molar-refractivity contribution >= 4 is 5.91 Å². The quantitative estimate of drug-likeness (QED) is 0.783. The van der Waals surface area contributed by atoms with Gasteiger partial charge < -0.3 is 15.8 Å². The van der Waals surface area contributed by atoms with Crippen LogP contribution in [0.25, 0.3) is 0 Å². The first-order chi connectivity index (χ1) is 7.99. The lowest BCUT2D eigenvalue weighted by atomic mass is 10.1. The molecular formula is C13H20N2O2. The molecule has 0 aromatic heterocycles. The molecule has 0 saturated heterocycles. The zero-order chi connectivity index (χ0) is 12.8. The normalized spacial score (nSPS) is 10.6. The number of hydrogen-bond acceptors (Lipinski definition) is 3. The van der Waals surface area contributed by atoms with E-state index in [1.54, 1.807) is 0 Å². The van der Waals surface area contributed by atoms with Gasteiger partial charge in [0.15, 0.2) is 6.61 Å². The summed E-state index contributed by atoms with van der Waals surface area (Å²) in [5.41, 5.74) is 7.27. The Morgan fingerprint density at radius 3 is 2.76 bits per heavy atom. The first-order valence-corrected chi connectivity index (χ1v) is 5.73. The second-order valence-electron chi connectivity index (χ2n) is 4.40. The molecule has 0 saturated carbocycles. The van der Waals surface area contributed by atoms with Crippen LogP contribution < -0.4 is 15.8 Å². The highest BCUT2D eigenvalue weighted by molar-refractivity contribution is 5.75. The van der Waals surface area contributed by atoms with Crippen molar-refractivity contribution in [3.05, 3.63) is 29.3 Å². The number of benzene rings is 1. The smallest absolute Gasteiger partial charge is 0.255 e. The van der Waals surface area contributed by atoms with Crippen LogP contribution in [0.2, 0.25) is 0 Å². The van der Waals surface area contributed by atoms with E-state index in [4.69, 9.17) is 10.5 Å². The van der Waals surface area contributed by atoms with Gasteiger partial charge in [-0.05, 0) is 13.0 Å². The molecule has 0 fully saturated rings. The number of carbonyl (C=O) groups is 1. The highest BCUT2D eigenvalue weighted by atomic mass is 16.5. The molecule has 0 unspecified atom stereocenters. The molecule has 17 heavy (non-hydrogen) atoms. The summed E-state index contributed by atoms with van der Waals surface area (Å²) in [6.45, 7) is 6.82. The van der Waals surface area contributed by atoms with Crippen molar-refractivity contribution in [2.75, 3.05) is 6.61 Å². The molecule has 94 valence electrons. The van der Waals surface area contributed by atoms with Crippen LogP contribution in [0.5, 0.6) is 5.75 Å². The first-order valence-electron chi connectivity index (χ1n) is 5.73. The van der Waals surface area contributed by atoms with Crippen LogP contribution in [-0.4, -0.2) is 18.6 Å². The third-order valence-electron chi connectivity index (χ3n) is 2.29. The Hall–Kier alpha value is -1.55. The topological polar surface area (TPSA) is 64.3 Å². The predicted molar refractivity (Wildman–Crippen MR) is 67.8 cm³/mol. The number of nitrogens with one attached hydrogen (secondary N) is 1. The summed E-state index contributed by atoms with van der Waals surface area (Å²) in [6.07, 6.45) is 0. The summed E-state index contributed by atoms with van der Waals surface area (Å²) in [5, 5.41) is 3.32. The molecule has 1 amide bonds. The Morgan fingerprint density at radius 2 is 2.18 bits per heavy atom. The SMILES string of the molecule is Cc1ccc(OCC(N)=O)c(CNC(C)C)c1. The third-order valence-corrected chi connectivity index (χ3v) is 2.29. The molecule has 4 nitrogen and oxygen atoms in total. The number of carbonyl (C=O) groups excluding carboxylic acids is 1. The zero-order valence-electron chi connectivity index (χ0n) is 10.6. The minimum atomic E-state index is -0.464. The fraction of sp³-hybridized carbons (Fsp3) is 0.462. The maximum absolute atomic E-state index is 10.7. The number of aryl methyl sites for hydroxylation is 1. The van der Waals surface area contributed by atoms with Gasteiger partial charge in [0, 0.05) is 18.2 Å². The van der Waals surface area contributed by atoms with Gasteiger partial charge in [-0.25, -0.2) is 0 Å². The second kappa shape index (κ2) is 6.25. The average molecular weight is 236 g/mol. The molecule has 0 aliphatic rings. The Balaban J connectivity index is 2.76. The zero-order valence-corrected chi connectivity index (χ0v) is 10.6. The molecular weight excluding hydrogens is 216 g/mol. The lowest BCUT2D eigenvalue weighted by molar-refractivity contribution is -0.119. The Labute approximate surface area is 102 Å². The summed E-state index contributed by atoms with van der Waals surface area (Å²) in [4.78, 5) is 10.7. The highest BCUT2D eigenvalue weighted by Gasteiger charge is 2.06. The van der Waals surface area contributed by atoms with Crippen molar-refractivity contribution in [2.45, 2.75) is 33.4 Å². The van der Waals surface area contributed by atoms with Crippen LogP contribution in [-0.2, 0) is 11.3 Å². The van der Waals surface area contributed by atoms with Crippen LogP contribution >= 0.6 is 0 Å². The molecule has 4 heteroatoms. The minimum Gasteiger partial charge on any atom is -0.483 e. The van der Waals surface area contributed by atoms with E-state index in [0.717, 1.165) is 11.1 Å². The van der Waals surface area contributed by atoms with Gasteiger partial charge in [0.05, 0.1) is 0 Å². The van der Waals surface area contributed by atoms with Crippen LogP contribution in [0.1, 0.15) is 25.0 Å². The maximum atomic E-state index is 10.7. The van der Waals surface area contributed by atoms with E-state index in [-0.39, 0.29) is 6.61 Å². The van der Waals surface area contributed by atoms with Gasteiger partial charge in [-0.1, -0.05) is 31.5 Å². The van der Waals surface area contributed by atoms with Crippen molar-refractivity contribution in [3.8, 4) is 5.75 Å². The van der Waals surface area contributed by atoms with E-state index in [1.807, 2.05) is 25.1 Å². The average Bonchev–Trinajstić information content (AvgIpc) is 2.24. The van der Waals surface area contributed by atoms with Crippen LogP contribution in [0.15, 0.2) is 18.2 Å². The number of rotatable bonds is 6. The lowest BCUT2D eigenvalue weighted by Gasteiger charge is -2.13. The van der Waals surface area contributed by atoms with Crippen molar-refractivity contribution in [3.63, 3.8) is 0 Å². The summed E-state index contributed by atoms with van der Waals surface area (Å²) in [7, 11) is 0. The molecule has 0 aliphatic carbocycles. The van der Waals surface area contributed by atoms with E-state index in [2.05, 4.69) is 19.2 Å². The Bertz CT molecular complexity index is 389. The highest BCUT2D eigenvalue weighted by Crippen LogP contribution is 2.20. The third kappa shape index (κ3) is 4.87. The van der Waals surface area contributed by atoms with Crippen molar-refractivity contribution in [1.82, 2.24) is 5.32 Å². The fourth-order valence-corrected chi connectivity index (χ4v) is 1.45. The number of amides is 1. The van der Waals surface area contributed by atoms with Crippen LogP contribution in [0.4, 0.5) is 0 Å². The molecule has 1 aromatic rings. The molecule has 0 atom stereocenters. The largest absolute Gasteiger partial charge is 0.483 e. The molecule has 3 N–H and O–H groups in total.